The van der Waals surface area contributed by atoms with Gasteiger partial charge in [-0.05, 0) is 18.9 Å². The van der Waals surface area contributed by atoms with E-state index in [0.29, 0.717) is 11.8 Å². The number of aryl methyl sites for hydroxylation is 1. The summed E-state index contributed by atoms with van der Waals surface area (Å²) in [6.45, 7) is 2.70. The quantitative estimate of drug-likeness (QED) is 0.851. The van der Waals surface area contributed by atoms with Crippen LogP contribution in [-0.2, 0) is 15.8 Å². The Bertz CT molecular complexity index is 556. The van der Waals surface area contributed by atoms with Gasteiger partial charge in [0.1, 0.15) is 0 Å². The van der Waals surface area contributed by atoms with Gasteiger partial charge in [-0.3, -0.25) is 0 Å². The summed E-state index contributed by atoms with van der Waals surface area (Å²) in [6.07, 6.45) is 1.04. The first-order chi connectivity index (χ1) is 8.54. The molecule has 0 spiro atoms. The van der Waals surface area contributed by atoms with Crippen molar-refractivity contribution in [3.63, 3.8) is 0 Å². The van der Waals surface area contributed by atoms with Gasteiger partial charge in [0, 0.05) is 23.6 Å². The minimum absolute atomic E-state index is 0.141. The molecular formula is C13H17NO2S2. The maximum atomic E-state index is 12.4. The Hall–Kier alpha value is -0.520. The third-order valence-corrected chi connectivity index (χ3v) is 6.89. The number of hydrogen-bond acceptors (Lipinski definition) is 3. The van der Waals surface area contributed by atoms with E-state index in [9.17, 15) is 8.42 Å². The zero-order valence-electron chi connectivity index (χ0n) is 10.4. The first-order valence-corrected chi connectivity index (χ1v) is 8.87. The summed E-state index contributed by atoms with van der Waals surface area (Å²) in [5, 5.41) is 0.530. The van der Waals surface area contributed by atoms with Gasteiger partial charge in [0.15, 0.2) is 0 Å². The molecule has 2 heterocycles. The van der Waals surface area contributed by atoms with Crippen molar-refractivity contribution in [2.24, 2.45) is 0 Å². The van der Waals surface area contributed by atoms with Crippen molar-refractivity contribution in [2.75, 3.05) is 12.3 Å². The van der Waals surface area contributed by atoms with Gasteiger partial charge in [-0.15, -0.1) is 0 Å². The van der Waals surface area contributed by atoms with E-state index in [-0.39, 0.29) is 11.8 Å². The molecule has 2 atom stereocenters. The van der Waals surface area contributed by atoms with E-state index < -0.39 is 10.0 Å². The predicted molar refractivity (Wildman–Crippen MR) is 75.2 cm³/mol. The summed E-state index contributed by atoms with van der Waals surface area (Å²) in [6, 6.07) is 8.01. The molecule has 2 bridgehead atoms. The van der Waals surface area contributed by atoms with E-state index in [1.54, 1.807) is 4.31 Å². The number of sulfonamides is 1. The average molecular weight is 283 g/mol. The number of thioether (sulfide) groups is 1. The lowest BCUT2D eigenvalue weighted by atomic mass is 10.2. The molecule has 1 aromatic rings. The van der Waals surface area contributed by atoms with Gasteiger partial charge in [0.05, 0.1) is 5.75 Å². The molecule has 0 N–H and O–H groups in total. The molecule has 2 aliphatic heterocycles. The molecule has 0 aromatic heterocycles. The molecular weight excluding hydrogens is 266 g/mol. The summed E-state index contributed by atoms with van der Waals surface area (Å²) >= 11 is 1.91. The Morgan fingerprint density at radius 2 is 2.28 bits per heavy atom. The van der Waals surface area contributed by atoms with Gasteiger partial charge in [-0.2, -0.15) is 16.1 Å². The monoisotopic (exact) mass is 283 g/mol. The van der Waals surface area contributed by atoms with Crippen molar-refractivity contribution < 1.29 is 8.42 Å². The SMILES string of the molecule is Cc1cccc(CS(=O)(=O)N2CC3CC2CS3)c1. The van der Waals surface area contributed by atoms with Crippen molar-refractivity contribution in [3.8, 4) is 0 Å². The second-order valence-electron chi connectivity index (χ2n) is 5.16. The molecule has 2 unspecified atom stereocenters. The van der Waals surface area contributed by atoms with Crippen LogP contribution in [0.2, 0.25) is 0 Å². The minimum atomic E-state index is -3.14. The highest BCUT2D eigenvalue weighted by molar-refractivity contribution is 8.00. The first kappa shape index (κ1) is 12.5. The molecule has 3 rings (SSSR count). The van der Waals surface area contributed by atoms with E-state index in [2.05, 4.69) is 0 Å². The minimum Gasteiger partial charge on any atom is -0.212 e. The number of hydrogen-bond donors (Lipinski definition) is 0. The molecule has 2 fully saturated rings. The van der Waals surface area contributed by atoms with Crippen LogP contribution in [0.3, 0.4) is 0 Å². The first-order valence-electron chi connectivity index (χ1n) is 6.21. The van der Waals surface area contributed by atoms with Crippen molar-refractivity contribution in [1.29, 1.82) is 0 Å². The molecule has 0 radical (unpaired) electrons. The Kier molecular flexibility index (Phi) is 3.16. The van der Waals surface area contributed by atoms with Crippen molar-refractivity contribution in [2.45, 2.75) is 30.4 Å². The van der Waals surface area contributed by atoms with Crippen molar-refractivity contribution in [1.82, 2.24) is 4.31 Å². The predicted octanol–water partition coefficient (Wildman–Crippen LogP) is 2.01. The van der Waals surface area contributed by atoms with Gasteiger partial charge >= 0.3 is 0 Å². The molecule has 3 nitrogen and oxygen atoms in total. The van der Waals surface area contributed by atoms with Crippen LogP contribution in [0, 0.1) is 6.92 Å². The third kappa shape index (κ3) is 2.31. The van der Waals surface area contributed by atoms with Crippen LogP contribution < -0.4 is 0 Å². The lowest BCUT2D eigenvalue weighted by molar-refractivity contribution is 0.409. The average Bonchev–Trinajstić information content (AvgIpc) is 2.90. The summed E-state index contributed by atoms with van der Waals surface area (Å²) in [7, 11) is -3.14. The van der Waals surface area contributed by atoms with Crippen LogP contribution >= 0.6 is 11.8 Å². The van der Waals surface area contributed by atoms with Gasteiger partial charge < -0.3 is 0 Å². The fraction of sp³-hybridized carbons (Fsp3) is 0.538. The maximum Gasteiger partial charge on any atom is 0.218 e. The fourth-order valence-electron chi connectivity index (χ4n) is 2.80. The number of rotatable bonds is 3. The molecule has 0 aliphatic carbocycles. The van der Waals surface area contributed by atoms with Gasteiger partial charge in [0.25, 0.3) is 0 Å². The lowest BCUT2D eigenvalue weighted by Crippen LogP contribution is -2.39. The smallest absolute Gasteiger partial charge is 0.212 e. The van der Waals surface area contributed by atoms with E-state index in [0.717, 1.165) is 23.3 Å². The summed E-state index contributed by atoms with van der Waals surface area (Å²) < 4.78 is 26.6. The molecule has 1 aromatic carbocycles. The largest absolute Gasteiger partial charge is 0.218 e. The Labute approximate surface area is 113 Å². The van der Waals surface area contributed by atoms with Crippen LogP contribution in [0.15, 0.2) is 24.3 Å². The van der Waals surface area contributed by atoms with E-state index in [4.69, 9.17) is 0 Å². The second kappa shape index (κ2) is 4.54. The molecule has 2 aliphatic rings. The van der Waals surface area contributed by atoms with Crippen LogP contribution in [0.4, 0.5) is 0 Å². The van der Waals surface area contributed by atoms with Crippen LogP contribution in [0.5, 0.6) is 0 Å². The third-order valence-electron chi connectivity index (χ3n) is 3.64. The van der Waals surface area contributed by atoms with Crippen LogP contribution in [-0.4, -0.2) is 36.3 Å². The van der Waals surface area contributed by atoms with E-state index >= 15 is 0 Å². The number of nitrogens with zero attached hydrogens (tertiary/aromatic N) is 1. The van der Waals surface area contributed by atoms with Gasteiger partial charge in [-0.1, -0.05) is 29.8 Å². The normalized spacial score (nSPS) is 27.8. The summed E-state index contributed by atoms with van der Waals surface area (Å²) in [5.41, 5.74) is 2.01. The van der Waals surface area contributed by atoms with Crippen molar-refractivity contribution in [3.05, 3.63) is 35.4 Å². The lowest BCUT2D eigenvalue weighted by Gasteiger charge is -2.25. The van der Waals surface area contributed by atoms with Gasteiger partial charge in [0.2, 0.25) is 10.0 Å². The Balaban J connectivity index is 1.79. The molecule has 98 valence electrons. The fourth-order valence-corrected chi connectivity index (χ4v) is 6.21. The summed E-state index contributed by atoms with van der Waals surface area (Å²) in [5.74, 6) is 1.11. The Morgan fingerprint density at radius 1 is 1.44 bits per heavy atom. The highest BCUT2D eigenvalue weighted by Gasteiger charge is 2.44. The molecule has 0 saturated carbocycles. The van der Waals surface area contributed by atoms with E-state index in [1.165, 1.54) is 0 Å². The zero-order chi connectivity index (χ0) is 12.8. The van der Waals surface area contributed by atoms with Crippen molar-refractivity contribution >= 4 is 21.8 Å². The molecule has 2 saturated heterocycles. The van der Waals surface area contributed by atoms with Crippen LogP contribution in [0.25, 0.3) is 0 Å². The van der Waals surface area contributed by atoms with E-state index in [1.807, 2.05) is 43.0 Å². The zero-order valence-corrected chi connectivity index (χ0v) is 12.0. The standard InChI is InChI=1S/C13H17NO2S2/c1-10-3-2-4-11(5-10)9-18(15,16)14-7-13-6-12(14)8-17-13/h2-5,12-13H,6-9H2,1H3. The number of benzene rings is 1. The second-order valence-corrected chi connectivity index (χ2v) is 8.41. The molecule has 5 heteroatoms. The highest BCUT2D eigenvalue weighted by Crippen LogP contribution is 2.39. The maximum absolute atomic E-state index is 12.4. The summed E-state index contributed by atoms with van der Waals surface area (Å²) in [4.78, 5) is 0. The number of fused-ring (bicyclic) bond motifs is 2. The van der Waals surface area contributed by atoms with Crippen LogP contribution in [0.1, 0.15) is 17.5 Å². The topological polar surface area (TPSA) is 37.4 Å². The highest BCUT2D eigenvalue weighted by atomic mass is 32.2. The molecule has 18 heavy (non-hydrogen) atoms. The molecule has 0 amide bonds. The van der Waals surface area contributed by atoms with Gasteiger partial charge in [-0.25, -0.2) is 8.42 Å². The Morgan fingerprint density at radius 3 is 2.89 bits per heavy atom.